The highest BCUT2D eigenvalue weighted by Crippen LogP contribution is 2.24. The normalized spacial score (nSPS) is 10.4. The molecule has 0 radical (unpaired) electrons. The van der Waals surface area contributed by atoms with E-state index in [4.69, 9.17) is 0 Å². The van der Waals surface area contributed by atoms with Crippen molar-refractivity contribution in [2.75, 3.05) is 0 Å². The first-order chi connectivity index (χ1) is 7.22. The van der Waals surface area contributed by atoms with Gasteiger partial charge in [0.05, 0.1) is 10.4 Å². The number of non-ortho nitro benzene ring substituents is 1. The number of rotatable bonds is 3. The van der Waals surface area contributed by atoms with Gasteiger partial charge in [-0.25, -0.2) is 0 Å². The smallest absolute Gasteiger partial charge is 0.271 e. The van der Waals surface area contributed by atoms with Gasteiger partial charge in [-0.15, -0.1) is 0 Å². The van der Waals surface area contributed by atoms with E-state index in [1.54, 1.807) is 12.3 Å². The molecule has 15 heavy (non-hydrogen) atoms. The Hall–Kier alpha value is -2.17. The number of nitrogens with zero attached hydrogens (tertiary/aromatic N) is 1. The Morgan fingerprint density at radius 3 is 2.93 bits per heavy atom. The number of hydrogen-bond acceptors (Lipinski definition) is 3. The molecule has 0 saturated heterocycles. The molecule has 5 heteroatoms. The van der Waals surface area contributed by atoms with Crippen LogP contribution in [0.3, 0.4) is 0 Å². The van der Waals surface area contributed by atoms with Crippen LogP contribution in [0.5, 0.6) is 0 Å². The zero-order valence-electron chi connectivity index (χ0n) is 7.77. The lowest BCUT2D eigenvalue weighted by atomic mass is 10.1. The quantitative estimate of drug-likeness (QED) is 0.470. The van der Waals surface area contributed by atoms with Gasteiger partial charge < -0.3 is 9.78 Å². The summed E-state index contributed by atoms with van der Waals surface area (Å²) < 4.78 is 0. The topological polar surface area (TPSA) is 76.0 Å². The molecular formula is C10H8N2O3. The molecule has 5 nitrogen and oxygen atoms in total. The van der Waals surface area contributed by atoms with Crippen LogP contribution in [0.25, 0.3) is 10.9 Å². The summed E-state index contributed by atoms with van der Waals surface area (Å²) in [5.41, 5.74) is 1.36. The van der Waals surface area contributed by atoms with E-state index >= 15 is 0 Å². The number of aldehydes is 1. The third kappa shape index (κ3) is 1.59. The van der Waals surface area contributed by atoms with Gasteiger partial charge in [0.15, 0.2) is 0 Å². The van der Waals surface area contributed by atoms with Crippen molar-refractivity contribution >= 4 is 22.9 Å². The standard InChI is InChI=1S/C10H8N2O3/c13-4-2-7-5-8(12(14)15)6-10-9(7)1-3-11-10/h1,3-6,11H,2H2. The van der Waals surface area contributed by atoms with Crippen LogP contribution >= 0.6 is 0 Å². The first-order valence-corrected chi connectivity index (χ1v) is 4.40. The molecule has 0 amide bonds. The predicted molar refractivity (Wildman–Crippen MR) is 54.7 cm³/mol. The van der Waals surface area contributed by atoms with Gasteiger partial charge in [-0.05, 0) is 11.6 Å². The molecular weight excluding hydrogens is 196 g/mol. The van der Waals surface area contributed by atoms with Crippen molar-refractivity contribution in [1.29, 1.82) is 0 Å². The van der Waals surface area contributed by atoms with E-state index < -0.39 is 4.92 Å². The van der Waals surface area contributed by atoms with E-state index in [-0.39, 0.29) is 12.1 Å². The molecule has 0 atom stereocenters. The van der Waals surface area contributed by atoms with Crippen LogP contribution in [0.1, 0.15) is 5.56 Å². The van der Waals surface area contributed by atoms with Crippen molar-refractivity contribution in [3.05, 3.63) is 40.1 Å². The van der Waals surface area contributed by atoms with E-state index in [0.29, 0.717) is 11.1 Å². The number of hydrogen-bond donors (Lipinski definition) is 1. The van der Waals surface area contributed by atoms with Crippen LogP contribution in [-0.2, 0) is 11.2 Å². The lowest BCUT2D eigenvalue weighted by Gasteiger charge is -1.99. The first kappa shape index (κ1) is 9.39. The monoisotopic (exact) mass is 204 g/mol. The first-order valence-electron chi connectivity index (χ1n) is 4.40. The molecule has 1 aromatic carbocycles. The maximum atomic E-state index is 10.6. The van der Waals surface area contributed by atoms with Crippen molar-refractivity contribution in [2.24, 2.45) is 0 Å². The maximum absolute atomic E-state index is 10.6. The summed E-state index contributed by atoms with van der Waals surface area (Å²) in [6.45, 7) is 0. The second-order valence-electron chi connectivity index (χ2n) is 3.17. The molecule has 0 aliphatic carbocycles. The molecule has 0 spiro atoms. The van der Waals surface area contributed by atoms with E-state index in [1.165, 1.54) is 12.1 Å². The minimum atomic E-state index is -0.464. The van der Waals surface area contributed by atoms with E-state index in [0.717, 1.165) is 11.7 Å². The molecule has 76 valence electrons. The molecule has 0 bridgehead atoms. The average molecular weight is 204 g/mol. The van der Waals surface area contributed by atoms with Crippen molar-refractivity contribution < 1.29 is 9.72 Å². The van der Waals surface area contributed by atoms with Crippen LogP contribution in [0.4, 0.5) is 5.69 Å². The molecule has 1 aromatic heterocycles. The molecule has 0 aliphatic heterocycles. The van der Waals surface area contributed by atoms with Crippen molar-refractivity contribution in [1.82, 2.24) is 4.98 Å². The Labute approximate surface area is 84.9 Å². The van der Waals surface area contributed by atoms with Gasteiger partial charge in [-0.3, -0.25) is 10.1 Å². The van der Waals surface area contributed by atoms with E-state index in [2.05, 4.69) is 4.98 Å². The Morgan fingerprint density at radius 1 is 1.47 bits per heavy atom. The number of aromatic amines is 1. The predicted octanol–water partition coefficient (Wildman–Crippen LogP) is 1.82. The molecule has 0 saturated carbocycles. The minimum Gasteiger partial charge on any atom is -0.361 e. The summed E-state index contributed by atoms with van der Waals surface area (Å²) in [5, 5.41) is 11.5. The fourth-order valence-electron chi connectivity index (χ4n) is 1.59. The van der Waals surface area contributed by atoms with Gasteiger partial charge in [0, 0.05) is 30.1 Å². The van der Waals surface area contributed by atoms with E-state index in [9.17, 15) is 14.9 Å². The second kappa shape index (κ2) is 3.53. The molecule has 1 heterocycles. The van der Waals surface area contributed by atoms with E-state index in [1.807, 2.05) is 0 Å². The van der Waals surface area contributed by atoms with Crippen LogP contribution in [0.15, 0.2) is 24.4 Å². The summed E-state index contributed by atoms with van der Waals surface area (Å²) >= 11 is 0. The summed E-state index contributed by atoms with van der Waals surface area (Å²) in [5.74, 6) is 0. The number of fused-ring (bicyclic) bond motifs is 1. The Bertz CT molecular complexity index is 530. The molecule has 0 fully saturated rings. The molecule has 1 N–H and O–H groups in total. The number of nitro benzene ring substituents is 1. The number of aromatic nitrogens is 1. The maximum Gasteiger partial charge on any atom is 0.271 e. The Morgan fingerprint density at radius 2 is 2.27 bits per heavy atom. The number of nitro groups is 1. The van der Waals surface area contributed by atoms with Gasteiger partial charge in [0.25, 0.3) is 5.69 Å². The highest BCUT2D eigenvalue weighted by Gasteiger charge is 2.11. The molecule has 2 aromatic rings. The lowest BCUT2D eigenvalue weighted by Crippen LogP contribution is -1.92. The second-order valence-corrected chi connectivity index (χ2v) is 3.17. The Kier molecular flexibility index (Phi) is 2.21. The molecule has 0 unspecified atom stereocenters. The molecule has 0 aliphatic rings. The van der Waals surface area contributed by atoms with Crippen molar-refractivity contribution in [3.8, 4) is 0 Å². The van der Waals surface area contributed by atoms with Gasteiger partial charge in [-0.1, -0.05) is 0 Å². The number of carbonyl (C=O) groups excluding carboxylic acids is 1. The van der Waals surface area contributed by atoms with Crippen LogP contribution < -0.4 is 0 Å². The zero-order chi connectivity index (χ0) is 10.8. The lowest BCUT2D eigenvalue weighted by molar-refractivity contribution is -0.384. The fraction of sp³-hybridized carbons (Fsp3) is 0.100. The van der Waals surface area contributed by atoms with Crippen LogP contribution in [-0.4, -0.2) is 16.2 Å². The zero-order valence-corrected chi connectivity index (χ0v) is 7.77. The van der Waals surface area contributed by atoms with Crippen LogP contribution in [0.2, 0.25) is 0 Å². The van der Waals surface area contributed by atoms with Crippen LogP contribution in [0, 0.1) is 10.1 Å². The highest BCUT2D eigenvalue weighted by atomic mass is 16.6. The third-order valence-corrected chi connectivity index (χ3v) is 2.25. The van der Waals surface area contributed by atoms with Crippen molar-refractivity contribution in [3.63, 3.8) is 0 Å². The number of carbonyl (C=O) groups is 1. The van der Waals surface area contributed by atoms with Gasteiger partial charge in [0.1, 0.15) is 6.29 Å². The largest absolute Gasteiger partial charge is 0.361 e. The summed E-state index contributed by atoms with van der Waals surface area (Å²) in [6, 6.07) is 4.70. The number of H-pyrrole nitrogens is 1. The Balaban J connectivity index is 2.68. The highest BCUT2D eigenvalue weighted by molar-refractivity contribution is 5.87. The SMILES string of the molecule is O=CCc1cc([N+](=O)[O-])cc2[nH]ccc12. The summed E-state index contributed by atoms with van der Waals surface area (Å²) in [4.78, 5) is 23.5. The number of benzene rings is 1. The number of nitrogens with one attached hydrogen (secondary N) is 1. The van der Waals surface area contributed by atoms with Gasteiger partial charge in [-0.2, -0.15) is 0 Å². The summed E-state index contributed by atoms with van der Waals surface area (Å²) in [7, 11) is 0. The minimum absolute atomic E-state index is 0.00167. The third-order valence-electron chi connectivity index (χ3n) is 2.25. The average Bonchev–Trinajstić information content (AvgIpc) is 2.65. The van der Waals surface area contributed by atoms with Gasteiger partial charge >= 0.3 is 0 Å². The van der Waals surface area contributed by atoms with Crippen molar-refractivity contribution in [2.45, 2.75) is 6.42 Å². The summed E-state index contributed by atoms with van der Waals surface area (Å²) in [6.07, 6.45) is 2.63. The van der Waals surface area contributed by atoms with Gasteiger partial charge in [0.2, 0.25) is 0 Å². The fourth-order valence-corrected chi connectivity index (χ4v) is 1.59. The molecule has 2 rings (SSSR count).